The Morgan fingerprint density at radius 3 is 2.89 bits per heavy atom. The van der Waals surface area contributed by atoms with Gasteiger partial charge in [-0.1, -0.05) is 44.9 Å². The van der Waals surface area contributed by atoms with Gasteiger partial charge < -0.3 is 15.0 Å². The second kappa shape index (κ2) is 9.07. The number of carbonyl (C=O) groups excluding carboxylic acids is 2. The fourth-order valence-corrected chi connectivity index (χ4v) is 4.01. The first kappa shape index (κ1) is 19.5. The number of amides is 1. The Kier molecular flexibility index (Phi) is 6.54. The van der Waals surface area contributed by atoms with E-state index in [0.717, 1.165) is 24.8 Å². The average Bonchev–Trinajstić information content (AvgIpc) is 3.07. The van der Waals surface area contributed by atoms with Crippen molar-refractivity contribution in [2.24, 2.45) is 11.8 Å². The Balaban J connectivity index is 1.36. The number of benzene rings is 1. The smallest absolute Gasteiger partial charge is 0.306 e. The van der Waals surface area contributed by atoms with Crippen molar-refractivity contribution in [3.63, 3.8) is 0 Å². The molecule has 1 aliphatic carbocycles. The highest BCUT2D eigenvalue weighted by atomic mass is 16.5. The van der Waals surface area contributed by atoms with E-state index in [-0.39, 0.29) is 24.5 Å². The van der Waals surface area contributed by atoms with Gasteiger partial charge in [-0.15, -0.1) is 0 Å². The van der Waals surface area contributed by atoms with E-state index in [9.17, 15) is 9.59 Å². The zero-order valence-electron chi connectivity index (χ0n) is 16.3. The van der Waals surface area contributed by atoms with Crippen LogP contribution in [0.15, 0.2) is 30.5 Å². The molecule has 1 saturated carbocycles. The van der Waals surface area contributed by atoms with E-state index in [1.807, 2.05) is 24.4 Å². The average molecular weight is 370 g/mol. The number of para-hydroxylation sites is 1. The zero-order valence-corrected chi connectivity index (χ0v) is 16.3. The molecule has 1 aromatic carbocycles. The summed E-state index contributed by atoms with van der Waals surface area (Å²) in [6.45, 7) is 4.24. The monoisotopic (exact) mass is 370 g/mol. The molecule has 5 nitrogen and oxygen atoms in total. The second-order valence-corrected chi connectivity index (χ2v) is 7.82. The maximum atomic E-state index is 12.1. The molecule has 5 heteroatoms. The van der Waals surface area contributed by atoms with Crippen LogP contribution in [0.5, 0.6) is 0 Å². The summed E-state index contributed by atoms with van der Waals surface area (Å²) < 4.78 is 5.16. The molecule has 0 radical (unpaired) electrons. The number of nitrogens with one attached hydrogen (secondary N) is 2. The molecule has 1 aromatic heterocycles. The van der Waals surface area contributed by atoms with Crippen LogP contribution in [0.2, 0.25) is 0 Å². The Hall–Kier alpha value is -2.30. The van der Waals surface area contributed by atoms with E-state index in [0.29, 0.717) is 24.7 Å². The SMILES string of the molecule is C[C@H]1[C@@H](NC(=O)COC(=O)CCCc2c[nH]c3ccccc23)CCC[C@@H]1C. The van der Waals surface area contributed by atoms with Crippen molar-refractivity contribution >= 4 is 22.8 Å². The van der Waals surface area contributed by atoms with Gasteiger partial charge in [0.25, 0.3) is 5.91 Å². The number of fused-ring (bicyclic) bond motifs is 1. The van der Waals surface area contributed by atoms with Gasteiger partial charge in [-0.3, -0.25) is 9.59 Å². The Morgan fingerprint density at radius 2 is 2.04 bits per heavy atom. The summed E-state index contributed by atoms with van der Waals surface area (Å²) >= 11 is 0. The molecule has 0 saturated heterocycles. The summed E-state index contributed by atoms with van der Waals surface area (Å²) in [7, 11) is 0. The molecule has 1 amide bonds. The Bertz CT molecular complexity index is 783. The molecular formula is C22H30N2O3. The third-order valence-corrected chi connectivity index (χ3v) is 5.92. The van der Waals surface area contributed by atoms with Gasteiger partial charge >= 0.3 is 5.97 Å². The van der Waals surface area contributed by atoms with Crippen LogP contribution in [0, 0.1) is 11.8 Å². The zero-order chi connectivity index (χ0) is 19.2. The topological polar surface area (TPSA) is 71.2 Å². The molecule has 27 heavy (non-hydrogen) atoms. The summed E-state index contributed by atoms with van der Waals surface area (Å²) in [6.07, 6.45) is 7.21. The van der Waals surface area contributed by atoms with Crippen LogP contribution in [0.3, 0.4) is 0 Å². The number of aryl methyl sites for hydroxylation is 1. The van der Waals surface area contributed by atoms with E-state index in [1.54, 1.807) is 0 Å². The van der Waals surface area contributed by atoms with E-state index >= 15 is 0 Å². The van der Waals surface area contributed by atoms with Crippen LogP contribution < -0.4 is 5.32 Å². The first-order chi connectivity index (χ1) is 13.0. The predicted octanol–water partition coefficient (Wildman–Crippen LogP) is 3.97. The molecule has 146 valence electrons. The maximum Gasteiger partial charge on any atom is 0.306 e. The summed E-state index contributed by atoms with van der Waals surface area (Å²) in [5.41, 5.74) is 2.31. The van der Waals surface area contributed by atoms with Crippen LogP contribution in [0.25, 0.3) is 10.9 Å². The number of H-pyrrole nitrogens is 1. The van der Waals surface area contributed by atoms with E-state index < -0.39 is 0 Å². The first-order valence-corrected chi connectivity index (χ1v) is 10.0. The fourth-order valence-electron chi connectivity index (χ4n) is 4.01. The molecule has 1 heterocycles. The van der Waals surface area contributed by atoms with Gasteiger partial charge in [0.05, 0.1) is 0 Å². The molecule has 0 unspecified atom stereocenters. The third-order valence-electron chi connectivity index (χ3n) is 5.92. The molecule has 2 aromatic rings. The van der Waals surface area contributed by atoms with Crippen molar-refractivity contribution in [3.05, 3.63) is 36.0 Å². The summed E-state index contributed by atoms with van der Waals surface area (Å²) in [4.78, 5) is 27.3. The molecule has 0 spiro atoms. The number of ether oxygens (including phenoxy) is 1. The van der Waals surface area contributed by atoms with Gasteiger partial charge in [-0.2, -0.15) is 0 Å². The highest BCUT2D eigenvalue weighted by Crippen LogP contribution is 2.29. The van der Waals surface area contributed by atoms with Crippen molar-refractivity contribution in [2.45, 2.75) is 58.4 Å². The number of esters is 1. The van der Waals surface area contributed by atoms with Crippen molar-refractivity contribution in [2.75, 3.05) is 6.61 Å². The van der Waals surface area contributed by atoms with E-state index in [4.69, 9.17) is 4.74 Å². The van der Waals surface area contributed by atoms with Gasteiger partial charge in [-0.25, -0.2) is 0 Å². The molecule has 0 bridgehead atoms. The van der Waals surface area contributed by atoms with Crippen molar-refractivity contribution in [1.82, 2.24) is 10.3 Å². The molecule has 3 atom stereocenters. The molecule has 1 aliphatic rings. The van der Waals surface area contributed by atoms with E-state index in [1.165, 1.54) is 17.4 Å². The van der Waals surface area contributed by atoms with Crippen LogP contribution in [0.4, 0.5) is 0 Å². The van der Waals surface area contributed by atoms with Gasteiger partial charge in [0.15, 0.2) is 6.61 Å². The largest absolute Gasteiger partial charge is 0.456 e. The number of hydrogen-bond acceptors (Lipinski definition) is 3. The lowest BCUT2D eigenvalue weighted by atomic mass is 9.78. The Morgan fingerprint density at radius 1 is 1.22 bits per heavy atom. The van der Waals surface area contributed by atoms with Gasteiger partial charge in [-0.05, 0) is 42.7 Å². The molecular weight excluding hydrogens is 340 g/mol. The number of aromatic nitrogens is 1. The third kappa shape index (κ3) is 5.12. The van der Waals surface area contributed by atoms with Crippen molar-refractivity contribution in [1.29, 1.82) is 0 Å². The van der Waals surface area contributed by atoms with E-state index in [2.05, 4.69) is 30.2 Å². The Labute approximate surface area is 160 Å². The van der Waals surface area contributed by atoms with Crippen LogP contribution >= 0.6 is 0 Å². The van der Waals surface area contributed by atoms with Crippen LogP contribution in [-0.4, -0.2) is 29.5 Å². The number of aromatic amines is 1. The van der Waals surface area contributed by atoms with Gasteiger partial charge in [0, 0.05) is 29.6 Å². The second-order valence-electron chi connectivity index (χ2n) is 7.82. The predicted molar refractivity (Wildman–Crippen MR) is 106 cm³/mol. The van der Waals surface area contributed by atoms with Crippen LogP contribution in [-0.2, 0) is 20.7 Å². The van der Waals surface area contributed by atoms with Crippen LogP contribution in [0.1, 0.15) is 51.5 Å². The number of carbonyl (C=O) groups is 2. The van der Waals surface area contributed by atoms with Crippen molar-refractivity contribution < 1.29 is 14.3 Å². The van der Waals surface area contributed by atoms with Crippen molar-refractivity contribution in [3.8, 4) is 0 Å². The maximum absolute atomic E-state index is 12.1. The standard InChI is InChI=1S/C22H30N2O3/c1-15-7-5-11-19(16(15)2)24-21(25)14-27-22(26)12-6-8-17-13-23-20-10-4-3-9-18(17)20/h3-4,9-10,13,15-16,19,23H,5-8,11-12,14H2,1-2H3,(H,24,25)/t15-,16+,19-/m0/s1. The molecule has 2 N–H and O–H groups in total. The first-order valence-electron chi connectivity index (χ1n) is 10.0. The lowest BCUT2D eigenvalue weighted by Gasteiger charge is -2.34. The summed E-state index contributed by atoms with van der Waals surface area (Å²) in [5.74, 6) is 0.590. The fraction of sp³-hybridized carbons (Fsp3) is 0.545. The number of hydrogen-bond donors (Lipinski definition) is 2. The minimum Gasteiger partial charge on any atom is -0.456 e. The quantitative estimate of drug-likeness (QED) is 0.724. The minimum absolute atomic E-state index is 0.177. The highest BCUT2D eigenvalue weighted by molar-refractivity contribution is 5.83. The highest BCUT2D eigenvalue weighted by Gasteiger charge is 2.28. The summed E-state index contributed by atoms with van der Waals surface area (Å²) in [5, 5.41) is 4.23. The lowest BCUT2D eigenvalue weighted by Crippen LogP contribution is -2.45. The molecule has 1 fully saturated rings. The minimum atomic E-state index is -0.310. The normalized spacial score (nSPS) is 22.5. The molecule has 0 aliphatic heterocycles. The van der Waals surface area contributed by atoms with Gasteiger partial charge in [0.1, 0.15) is 0 Å². The van der Waals surface area contributed by atoms with Gasteiger partial charge in [0.2, 0.25) is 0 Å². The lowest BCUT2D eigenvalue weighted by molar-refractivity contribution is -0.149. The molecule has 3 rings (SSSR count). The number of rotatable bonds is 7. The summed E-state index contributed by atoms with van der Waals surface area (Å²) in [6, 6.07) is 8.33.